The van der Waals surface area contributed by atoms with Crippen molar-refractivity contribution in [2.24, 2.45) is 0 Å². The number of ether oxygens (including phenoxy) is 1. The zero-order chi connectivity index (χ0) is 19.8. The monoisotopic (exact) mass is 426 g/mol. The minimum Gasteiger partial charge on any atom is -0.491 e. The highest BCUT2D eigenvalue weighted by molar-refractivity contribution is 6.03. The largest absolute Gasteiger partial charge is 0.491 e. The molecule has 1 fully saturated rings. The van der Waals surface area contributed by atoms with Crippen molar-refractivity contribution in [3.05, 3.63) is 53.7 Å². The Labute approximate surface area is 170 Å². The average Bonchev–Trinajstić information content (AvgIpc) is 3.26. The molecule has 0 unspecified atom stereocenters. The maximum atomic E-state index is 13.3. The fourth-order valence-electron chi connectivity index (χ4n) is 2.94. The number of alkyl halides is 3. The summed E-state index contributed by atoms with van der Waals surface area (Å²) in [5.74, 6) is -0.470. The predicted molar refractivity (Wildman–Crippen MR) is 103 cm³/mol. The van der Waals surface area contributed by atoms with Crippen molar-refractivity contribution in [1.29, 1.82) is 0 Å². The van der Waals surface area contributed by atoms with Crippen LogP contribution in [0.1, 0.15) is 47.6 Å². The van der Waals surface area contributed by atoms with Gasteiger partial charge in [0.15, 0.2) is 0 Å². The number of aromatic nitrogens is 3. The van der Waals surface area contributed by atoms with Gasteiger partial charge in [-0.05, 0) is 25.5 Å². The van der Waals surface area contributed by atoms with Gasteiger partial charge in [0.05, 0.1) is 12.3 Å². The molecule has 4 rings (SSSR count). The predicted octanol–water partition coefficient (Wildman–Crippen LogP) is 4.57. The summed E-state index contributed by atoms with van der Waals surface area (Å²) in [4.78, 5) is 20.6. The van der Waals surface area contributed by atoms with Crippen LogP contribution in [0.3, 0.4) is 0 Å². The molecular formula is C19H18ClF3N4O2. The Morgan fingerprint density at radius 2 is 2.10 bits per heavy atom. The molecule has 29 heavy (non-hydrogen) atoms. The minimum atomic E-state index is -2.77. The first-order valence-corrected chi connectivity index (χ1v) is 8.82. The van der Waals surface area contributed by atoms with E-state index >= 15 is 0 Å². The standard InChI is InChI=1S/C19H17F3N4O2.ClH/c1-2-28-16-7-17-24-14(10-6-11(10)20)8-26(17)9-15(16)25-19(27)13-5-3-4-12(23-13)18(21)22;/h3-5,7-11,18H,2,6H2,1H3,(H,25,27);1H/t10-,11+;/m1./s1. The number of anilines is 1. The first kappa shape index (κ1) is 20.9. The molecule has 1 N–H and O–H groups in total. The fourth-order valence-corrected chi connectivity index (χ4v) is 2.94. The number of hydrogen-bond acceptors (Lipinski definition) is 4. The fraction of sp³-hybridized carbons (Fsp3) is 0.316. The molecule has 1 aliphatic rings. The van der Waals surface area contributed by atoms with Crippen LogP contribution in [-0.2, 0) is 0 Å². The van der Waals surface area contributed by atoms with Crippen molar-refractivity contribution in [3.8, 4) is 5.75 Å². The van der Waals surface area contributed by atoms with E-state index in [1.54, 1.807) is 29.8 Å². The molecule has 3 aromatic heterocycles. The van der Waals surface area contributed by atoms with Gasteiger partial charge in [0, 0.05) is 24.4 Å². The summed E-state index contributed by atoms with van der Waals surface area (Å²) < 4.78 is 46.2. The van der Waals surface area contributed by atoms with E-state index in [1.165, 1.54) is 12.1 Å². The number of nitrogens with one attached hydrogen (secondary N) is 1. The number of amides is 1. The van der Waals surface area contributed by atoms with Crippen molar-refractivity contribution >= 4 is 29.6 Å². The molecule has 3 aromatic rings. The molecule has 0 radical (unpaired) electrons. The zero-order valence-electron chi connectivity index (χ0n) is 15.3. The molecule has 0 spiro atoms. The van der Waals surface area contributed by atoms with Crippen LogP contribution in [0.4, 0.5) is 18.9 Å². The SMILES string of the molecule is CCOc1cc2nc([C@@H]3C[C@@H]3F)cn2cc1NC(=O)c1cccc(C(F)F)n1.Cl. The number of rotatable bonds is 6. The van der Waals surface area contributed by atoms with Crippen LogP contribution in [0, 0.1) is 0 Å². The Morgan fingerprint density at radius 3 is 2.76 bits per heavy atom. The van der Waals surface area contributed by atoms with Gasteiger partial charge in [0.1, 0.15) is 34.6 Å². The molecule has 154 valence electrons. The number of hydrogen-bond donors (Lipinski definition) is 1. The van der Waals surface area contributed by atoms with E-state index in [0.717, 1.165) is 6.07 Å². The van der Waals surface area contributed by atoms with E-state index in [4.69, 9.17) is 4.74 Å². The summed E-state index contributed by atoms with van der Waals surface area (Å²) in [6.07, 6.45) is 0.123. The maximum absolute atomic E-state index is 13.3. The number of halogens is 4. The topological polar surface area (TPSA) is 68.5 Å². The molecular weight excluding hydrogens is 409 g/mol. The summed E-state index contributed by atoms with van der Waals surface area (Å²) in [5, 5.41) is 2.64. The molecule has 3 heterocycles. The van der Waals surface area contributed by atoms with E-state index < -0.39 is 24.2 Å². The number of fused-ring (bicyclic) bond motifs is 1. The lowest BCUT2D eigenvalue weighted by atomic mass is 10.2. The number of pyridine rings is 2. The van der Waals surface area contributed by atoms with E-state index in [2.05, 4.69) is 15.3 Å². The number of nitrogens with zero attached hydrogens (tertiary/aromatic N) is 3. The molecule has 10 heteroatoms. The summed E-state index contributed by atoms with van der Waals surface area (Å²) in [6.45, 7) is 2.14. The van der Waals surface area contributed by atoms with Crippen molar-refractivity contribution in [1.82, 2.24) is 14.4 Å². The first-order chi connectivity index (χ1) is 13.5. The second-order valence-corrected chi connectivity index (χ2v) is 6.48. The zero-order valence-corrected chi connectivity index (χ0v) is 16.1. The second kappa shape index (κ2) is 8.28. The lowest BCUT2D eigenvalue weighted by molar-refractivity contribution is 0.101. The van der Waals surface area contributed by atoms with Crippen LogP contribution >= 0.6 is 12.4 Å². The average molecular weight is 427 g/mol. The third-order valence-electron chi connectivity index (χ3n) is 4.44. The molecule has 6 nitrogen and oxygen atoms in total. The van der Waals surface area contributed by atoms with Crippen LogP contribution in [0.25, 0.3) is 5.65 Å². The smallest absolute Gasteiger partial charge is 0.280 e. The van der Waals surface area contributed by atoms with Gasteiger partial charge in [0.2, 0.25) is 0 Å². The van der Waals surface area contributed by atoms with E-state index in [0.29, 0.717) is 35.8 Å². The molecule has 0 saturated heterocycles. The van der Waals surface area contributed by atoms with E-state index in [1.807, 2.05) is 0 Å². The highest BCUT2D eigenvalue weighted by Gasteiger charge is 2.40. The van der Waals surface area contributed by atoms with Crippen molar-refractivity contribution in [3.63, 3.8) is 0 Å². The number of carbonyl (C=O) groups excluding carboxylic acids is 1. The van der Waals surface area contributed by atoms with Crippen LogP contribution < -0.4 is 10.1 Å². The number of imidazole rings is 1. The van der Waals surface area contributed by atoms with Crippen LogP contribution in [0.2, 0.25) is 0 Å². The molecule has 0 bridgehead atoms. The van der Waals surface area contributed by atoms with Crippen molar-refractivity contribution < 1.29 is 22.7 Å². The van der Waals surface area contributed by atoms with Gasteiger partial charge >= 0.3 is 0 Å². The Balaban J connectivity index is 0.00000240. The third-order valence-corrected chi connectivity index (χ3v) is 4.44. The van der Waals surface area contributed by atoms with Gasteiger partial charge in [-0.15, -0.1) is 12.4 Å². The van der Waals surface area contributed by atoms with Crippen LogP contribution in [0.15, 0.2) is 36.7 Å². The number of carbonyl (C=O) groups is 1. The Hall–Kier alpha value is -2.81. The highest BCUT2D eigenvalue weighted by Crippen LogP contribution is 2.43. The minimum absolute atomic E-state index is 0. The summed E-state index contributed by atoms with van der Waals surface area (Å²) in [6, 6.07) is 5.49. The van der Waals surface area contributed by atoms with Crippen molar-refractivity contribution in [2.45, 2.75) is 31.9 Å². The van der Waals surface area contributed by atoms with Gasteiger partial charge in [-0.25, -0.2) is 23.1 Å². The molecule has 2 atom stereocenters. The van der Waals surface area contributed by atoms with Gasteiger partial charge in [-0.2, -0.15) is 0 Å². The third kappa shape index (κ3) is 4.29. The highest BCUT2D eigenvalue weighted by atomic mass is 35.5. The second-order valence-electron chi connectivity index (χ2n) is 6.48. The molecule has 1 aliphatic carbocycles. The Morgan fingerprint density at radius 1 is 1.34 bits per heavy atom. The quantitative estimate of drug-likeness (QED) is 0.627. The van der Waals surface area contributed by atoms with Gasteiger partial charge in [-0.1, -0.05) is 6.07 Å². The normalized spacial score (nSPS) is 17.8. The Kier molecular flexibility index (Phi) is 5.97. The first-order valence-electron chi connectivity index (χ1n) is 8.82. The lowest BCUT2D eigenvalue weighted by Gasteiger charge is -2.12. The van der Waals surface area contributed by atoms with Crippen LogP contribution in [-0.4, -0.2) is 33.1 Å². The van der Waals surface area contributed by atoms with Crippen molar-refractivity contribution in [2.75, 3.05) is 11.9 Å². The summed E-state index contributed by atoms with van der Waals surface area (Å²) in [7, 11) is 0. The lowest BCUT2D eigenvalue weighted by Crippen LogP contribution is -2.16. The molecule has 1 saturated carbocycles. The summed E-state index contributed by atoms with van der Waals surface area (Å²) >= 11 is 0. The van der Waals surface area contributed by atoms with Crippen LogP contribution in [0.5, 0.6) is 5.75 Å². The molecule has 0 aromatic carbocycles. The summed E-state index contributed by atoms with van der Waals surface area (Å²) in [5.41, 5.74) is 0.931. The van der Waals surface area contributed by atoms with Gasteiger partial charge < -0.3 is 14.5 Å². The maximum Gasteiger partial charge on any atom is 0.280 e. The van der Waals surface area contributed by atoms with Gasteiger partial charge in [0.25, 0.3) is 12.3 Å². The molecule has 0 aliphatic heterocycles. The van der Waals surface area contributed by atoms with E-state index in [9.17, 15) is 18.0 Å². The molecule has 1 amide bonds. The Bertz CT molecular complexity index is 1040. The van der Waals surface area contributed by atoms with Gasteiger partial charge in [-0.3, -0.25) is 4.79 Å². The van der Waals surface area contributed by atoms with E-state index in [-0.39, 0.29) is 24.0 Å².